The fourth-order valence-corrected chi connectivity index (χ4v) is 4.45. The van der Waals surface area contributed by atoms with Gasteiger partial charge in [0.15, 0.2) is 0 Å². The fourth-order valence-electron chi connectivity index (χ4n) is 4.45. The standard InChI is InChI=1S/C21H29N3O4/c1-22-11-8-21(9-12-22)15-24(14-19(26)23-10-4-5-16(25)13-23)20(27)17-6-2-3-7-18(17)28-21/h2-3,6-7,16,25H,4-5,8-15H2,1H3. The fraction of sp³-hybridized carbons (Fsp3) is 0.619. The summed E-state index contributed by atoms with van der Waals surface area (Å²) < 4.78 is 6.42. The van der Waals surface area contributed by atoms with E-state index in [9.17, 15) is 14.7 Å². The predicted molar refractivity (Wildman–Crippen MR) is 104 cm³/mol. The molecule has 1 atom stereocenters. The second kappa shape index (κ2) is 7.72. The van der Waals surface area contributed by atoms with E-state index in [2.05, 4.69) is 11.9 Å². The molecule has 0 radical (unpaired) electrons. The maximum atomic E-state index is 13.2. The molecule has 2 fully saturated rings. The number of hydrogen-bond donors (Lipinski definition) is 1. The van der Waals surface area contributed by atoms with E-state index >= 15 is 0 Å². The lowest BCUT2D eigenvalue weighted by Crippen LogP contribution is -2.55. The van der Waals surface area contributed by atoms with Crippen LogP contribution in [0.15, 0.2) is 24.3 Å². The zero-order chi connectivity index (χ0) is 19.7. The molecule has 3 aliphatic heterocycles. The van der Waals surface area contributed by atoms with Gasteiger partial charge in [0.25, 0.3) is 5.91 Å². The van der Waals surface area contributed by atoms with Gasteiger partial charge in [-0.05, 0) is 32.0 Å². The van der Waals surface area contributed by atoms with Crippen LogP contribution in [0.25, 0.3) is 0 Å². The zero-order valence-electron chi connectivity index (χ0n) is 16.5. The summed E-state index contributed by atoms with van der Waals surface area (Å²) in [5.74, 6) is 0.354. The van der Waals surface area contributed by atoms with Gasteiger partial charge >= 0.3 is 0 Å². The van der Waals surface area contributed by atoms with Gasteiger partial charge in [-0.25, -0.2) is 0 Å². The molecule has 0 aromatic heterocycles. The second-order valence-corrected chi connectivity index (χ2v) is 8.38. The van der Waals surface area contributed by atoms with Crippen LogP contribution in [0.1, 0.15) is 36.0 Å². The van der Waals surface area contributed by atoms with Gasteiger partial charge < -0.3 is 24.5 Å². The van der Waals surface area contributed by atoms with Crippen molar-refractivity contribution in [3.8, 4) is 5.75 Å². The molecule has 1 spiro atoms. The number of aliphatic hydroxyl groups is 1. The first-order valence-corrected chi connectivity index (χ1v) is 10.2. The number of carbonyl (C=O) groups excluding carboxylic acids is 2. The smallest absolute Gasteiger partial charge is 0.258 e. The van der Waals surface area contributed by atoms with Crippen molar-refractivity contribution in [2.75, 3.05) is 46.3 Å². The average Bonchev–Trinajstić information content (AvgIpc) is 2.80. The Morgan fingerprint density at radius 1 is 1.25 bits per heavy atom. The van der Waals surface area contributed by atoms with E-state index in [0.29, 0.717) is 30.9 Å². The first-order valence-electron chi connectivity index (χ1n) is 10.2. The summed E-state index contributed by atoms with van der Waals surface area (Å²) in [6.07, 6.45) is 2.69. The summed E-state index contributed by atoms with van der Waals surface area (Å²) >= 11 is 0. The van der Waals surface area contributed by atoms with Crippen LogP contribution in [-0.2, 0) is 4.79 Å². The number of fused-ring (bicyclic) bond motifs is 1. The number of rotatable bonds is 2. The summed E-state index contributed by atoms with van der Waals surface area (Å²) in [6.45, 7) is 3.23. The maximum absolute atomic E-state index is 13.2. The molecular formula is C21H29N3O4. The van der Waals surface area contributed by atoms with Crippen molar-refractivity contribution in [1.82, 2.24) is 14.7 Å². The highest BCUT2D eigenvalue weighted by Gasteiger charge is 2.43. The quantitative estimate of drug-likeness (QED) is 0.819. The average molecular weight is 387 g/mol. The Morgan fingerprint density at radius 2 is 2.00 bits per heavy atom. The molecule has 2 saturated heterocycles. The van der Waals surface area contributed by atoms with Crippen molar-refractivity contribution in [2.24, 2.45) is 0 Å². The first-order chi connectivity index (χ1) is 13.5. The molecule has 7 nitrogen and oxygen atoms in total. The summed E-state index contributed by atoms with van der Waals surface area (Å²) in [5.41, 5.74) is 0.0565. The van der Waals surface area contributed by atoms with E-state index in [4.69, 9.17) is 4.74 Å². The molecule has 152 valence electrons. The van der Waals surface area contributed by atoms with Crippen LogP contribution in [0.3, 0.4) is 0 Å². The Labute approximate surface area is 165 Å². The third kappa shape index (κ3) is 3.86. The predicted octanol–water partition coefficient (Wildman–Crippen LogP) is 0.969. The summed E-state index contributed by atoms with van der Waals surface area (Å²) in [7, 11) is 2.09. The molecular weight excluding hydrogens is 358 g/mol. The Bertz CT molecular complexity index is 745. The van der Waals surface area contributed by atoms with Crippen molar-refractivity contribution in [2.45, 2.75) is 37.4 Å². The highest BCUT2D eigenvalue weighted by Crippen LogP contribution is 2.35. The number of nitrogens with zero attached hydrogens (tertiary/aromatic N) is 3. The van der Waals surface area contributed by atoms with Gasteiger partial charge in [-0.1, -0.05) is 12.1 Å². The van der Waals surface area contributed by atoms with Crippen LogP contribution in [-0.4, -0.2) is 89.6 Å². The Kier molecular flexibility index (Phi) is 5.29. The number of β-amino-alcohol motifs (C(OH)–C–C–N with tert-alkyl or cyclic N) is 1. The molecule has 1 unspecified atom stereocenters. The Hall–Kier alpha value is -2.12. The Balaban J connectivity index is 1.58. The maximum Gasteiger partial charge on any atom is 0.258 e. The van der Waals surface area contributed by atoms with Crippen molar-refractivity contribution in [3.63, 3.8) is 0 Å². The van der Waals surface area contributed by atoms with Crippen molar-refractivity contribution < 1.29 is 19.4 Å². The molecule has 4 rings (SSSR count). The summed E-state index contributed by atoms with van der Waals surface area (Å²) in [6, 6.07) is 7.33. The number of likely N-dealkylation sites (tertiary alicyclic amines) is 2. The molecule has 0 bridgehead atoms. The van der Waals surface area contributed by atoms with Crippen LogP contribution in [0.2, 0.25) is 0 Å². The van der Waals surface area contributed by atoms with E-state index in [0.717, 1.165) is 38.8 Å². The van der Waals surface area contributed by atoms with Crippen LogP contribution in [0, 0.1) is 0 Å². The van der Waals surface area contributed by atoms with Gasteiger partial charge in [0.05, 0.1) is 18.2 Å². The highest BCUT2D eigenvalue weighted by atomic mass is 16.5. The summed E-state index contributed by atoms with van der Waals surface area (Å²) in [4.78, 5) is 31.7. The van der Waals surface area contributed by atoms with E-state index in [1.807, 2.05) is 18.2 Å². The highest BCUT2D eigenvalue weighted by molar-refractivity contribution is 5.99. The first kappa shape index (κ1) is 19.2. The van der Waals surface area contributed by atoms with Crippen LogP contribution in [0.5, 0.6) is 5.75 Å². The molecule has 2 amide bonds. The van der Waals surface area contributed by atoms with Crippen LogP contribution < -0.4 is 4.74 Å². The lowest BCUT2D eigenvalue weighted by molar-refractivity contribution is -0.135. The molecule has 0 saturated carbocycles. The number of piperidine rings is 2. The SMILES string of the molecule is CN1CCC2(CC1)CN(CC(=O)N1CCCC(O)C1)C(=O)c1ccccc1O2. The van der Waals surface area contributed by atoms with E-state index in [1.165, 1.54) is 0 Å². The molecule has 3 heterocycles. The molecule has 28 heavy (non-hydrogen) atoms. The third-order valence-electron chi connectivity index (χ3n) is 6.18. The van der Waals surface area contributed by atoms with Crippen molar-refractivity contribution >= 4 is 11.8 Å². The topological polar surface area (TPSA) is 73.3 Å². The molecule has 3 aliphatic rings. The largest absolute Gasteiger partial charge is 0.484 e. The van der Waals surface area contributed by atoms with Gasteiger partial charge in [-0.3, -0.25) is 9.59 Å². The molecule has 7 heteroatoms. The van der Waals surface area contributed by atoms with E-state index in [1.54, 1.807) is 15.9 Å². The number of hydrogen-bond acceptors (Lipinski definition) is 5. The molecule has 1 aromatic carbocycles. The van der Waals surface area contributed by atoms with Crippen LogP contribution >= 0.6 is 0 Å². The Morgan fingerprint density at radius 3 is 2.75 bits per heavy atom. The molecule has 0 aliphatic carbocycles. The minimum atomic E-state index is -0.471. The van der Waals surface area contributed by atoms with E-state index in [-0.39, 0.29) is 18.4 Å². The van der Waals surface area contributed by atoms with Gasteiger partial charge in [-0.15, -0.1) is 0 Å². The number of aliphatic hydroxyl groups excluding tert-OH is 1. The second-order valence-electron chi connectivity index (χ2n) is 8.38. The lowest BCUT2D eigenvalue weighted by Gasteiger charge is -2.42. The number of ether oxygens (including phenoxy) is 1. The van der Waals surface area contributed by atoms with Gasteiger partial charge in [0, 0.05) is 39.0 Å². The van der Waals surface area contributed by atoms with Gasteiger partial charge in [0.2, 0.25) is 5.91 Å². The van der Waals surface area contributed by atoms with Gasteiger partial charge in [-0.2, -0.15) is 0 Å². The third-order valence-corrected chi connectivity index (χ3v) is 6.18. The number of benzene rings is 1. The van der Waals surface area contributed by atoms with E-state index < -0.39 is 11.7 Å². The number of amides is 2. The summed E-state index contributed by atoms with van der Waals surface area (Å²) in [5, 5.41) is 9.89. The van der Waals surface area contributed by atoms with Gasteiger partial charge in [0.1, 0.15) is 17.9 Å². The number of para-hydroxylation sites is 1. The van der Waals surface area contributed by atoms with Crippen molar-refractivity contribution in [3.05, 3.63) is 29.8 Å². The lowest BCUT2D eigenvalue weighted by atomic mass is 9.90. The molecule has 1 N–H and O–H groups in total. The minimum absolute atomic E-state index is 0.0286. The monoisotopic (exact) mass is 387 g/mol. The zero-order valence-corrected chi connectivity index (χ0v) is 16.5. The minimum Gasteiger partial charge on any atom is -0.484 e. The molecule has 1 aromatic rings. The van der Waals surface area contributed by atoms with Crippen LogP contribution in [0.4, 0.5) is 0 Å². The normalized spacial score (nSPS) is 25.2. The number of carbonyl (C=O) groups is 2. The van der Waals surface area contributed by atoms with Crippen molar-refractivity contribution in [1.29, 1.82) is 0 Å².